The predicted octanol–water partition coefficient (Wildman–Crippen LogP) is 1.39. The molecule has 1 aliphatic rings. The van der Waals surface area contributed by atoms with E-state index in [1.165, 1.54) is 18.4 Å². The van der Waals surface area contributed by atoms with Gasteiger partial charge in [-0.15, -0.1) is 0 Å². The van der Waals surface area contributed by atoms with Crippen molar-refractivity contribution in [3.63, 3.8) is 0 Å². The molecule has 0 saturated heterocycles. The highest BCUT2D eigenvalue weighted by atomic mass is 35.5. The molecule has 152 valence electrons. The molecular weight excluding hydrogens is 432 g/mol. The van der Waals surface area contributed by atoms with Crippen LogP contribution >= 0.6 is 11.6 Å². The lowest BCUT2D eigenvalue weighted by Gasteiger charge is -2.24. The topological polar surface area (TPSA) is 140 Å². The molecule has 3 heterocycles. The number of nitrogens with one attached hydrogen (secondary N) is 1. The van der Waals surface area contributed by atoms with Gasteiger partial charge in [-0.2, -0.15) is 0 Å². The van der Waals surface area contributed by atoms with Crippen molar-refractivity contribution < 1.29 is 17.5 Å². The van der Waals surface area contributed by atoms with Gasteiger partial charge in [0, 0.05) is 11.4 Å². The predicted molar refractivity (Wildman–Crippen MR) is 108 cm³/mol. The van der Waals surface area contributed by atoms with E-state index in [9.17, 15) is 8.42 Å². The lowest BCUT2D eigenvalue weighted by Crippen LogP contribution is -2.42. The SMILES string of the molecule is NC1=c2ccoc2=NCN1c1ccc(NS(=O)(=O)c2ccc(Cl)c3nonc23)cc1. The number of nitrogens with two attached hydrogens (primary N) is 1. The van der Waals surface area contributed by atoms with Crippen LogP contribution in [0.4, 0.5) is 11.4 Å². The highest BCUT2D eigenvalue weighted by Gasteiger charge is 2.22. The Kier molecular flexibility index (Phi) is 4.15. The molecule has 0 bridgehead atoms. The Hall–Kier alpha value is -3.57. The van der Waals surface area contributed by atoms with Gasteiger partial charge in [0.05, 0.1) is 16.5 Å². The molecule has 2 aromatic carbocycles. The summed E-state index contributed by atoms with van der Waals surface area (Å²) in [4.78, 5) is 6.03. The summed E-state index contributed by atoms with van der Waals surface area (Å²) in [5.74, 6) is 0.504. The maximum atomic E-state index is 12.8. The molecule has 10 nitrogen and oxygen atoms in total. The fraction of sp³-hybridized carbons (Fsp3) is 0.0556. The maximum absolute atomic E-state index is 12.8. The number of hydrogen-bond acceptors (Lipinski definition) is 9. The molecule has 0 unspecified atom stereocenters. The highest BCUT2D eigenvalue weighted by molar-refractivity contribution is 7.93. The van der Waals surface area contributed by atoms with Crippen LogP contribution in [0.2, 0.25) is 5.02 Å². The van der Waals surface area contributed by atoms with Crippen LogP contribution < -0.4 is 26.1 Å². The Morgan fingerprint density at radius 3 is 2.63 bits per heavy atom. The summed E-state index contributed by atoms with van der Waals surface area (Å²) >= 11 is 6.00. The summed E-state index contributed by atoms with van der Waals surface area (Å²) in [7, 11) is -3.95. The number of halogens is 1. The van der Waals surface area contributed by atoms with Gasteiger partial charge < -0.3 is 15.1 Å². The first-order valence-corrected chi connectivity index (χ1v) is 10.5. The van der Waals surface area contributed by atoms with E-state index in [0.29, 0.717) is 28.9 Å². The van der Waals surface area contributed by atoms with Crippen LogP contribution in [0.5, 0.6) is 0 Å². The first-order valence-electron chi connectivity index (χ1n) is 8.63. The van der Waals surface area contributed by atoms with E-state index < -0.39 is 10.0 Å². The minimum Gasteiger partial charge on any atom is -0.446 e. The standard InChI is InChI=1S/C18H13ClN6O4S/c19-13-5-6-14(16-15(13)22-29-23-16)30(26,27)24-10-1-3-11(4-2-10)25-9-21-18-12(17(25)20)7-8-28-18/h1-8,24H,9,20H2. The van der Waals surface area contributed by atoms with E-state index in [1.54, 1.807) is 35.2 Å². The zero-order valence-electron chi connectivity index (χ0n) is 15.1. The Morgan fingerprint density at radius 1 is 1.07 bits per heavy atom. The third-order valence-corrected chi connectivity index (χ3v) is 6.34. The molecule has 0 fully saturated rings. The summed E-state index contributed by atoms with van der Waals surface area (Å²) < 4.78 is 38.1. The summed E-state index contributed by atoms with van der Waals surface area (Å²) in [5, 5.41) is 8.24. The number of anilines is 2. The van der Waals surface area contributed by atoms with Gasteiger partial charge in [0.2, 0.25) is 5.55 Å². The number of fused-ring (bicyclic) bond motifs is 2. The van der Waals surface area contributed by atoms with Crippen molar-refractivity contribution in [2.45, 2.75) is 4.90 Å². The fourth-order valence-electron chi connectivity index (χ4n) is 3.15. The fourth-order valence-corrected chi connectivity index (χ4v) is 4.52. The molecule has 3 N–H and O–H groups in total. The third kappa shape index (κ3) is 2.95. The maximum Gasteiger partial charge on any atom is 0.264 e. The van der Waals surface area contributed by atoms with Crippen LogP contribution in [0, 0.1) is 0 Å². The Labute approximate surface area is 174 Å². The van der Waals surface area contributed by atoms with E-state index in [1.807, 2.05) is 0 Å². The van der Waals surface area contributed by atoms with Gasteiger partial charge in [0.1, 0.15) is 17.4 Å². The molecule has 0 aliphatic carbocycles. The molecule has 0 spiro atoms. The minimum absolute atomic E-state index is 0.0554. The average Bonchev–Trinajstić information content (AvgIpc) is 3.39. The molecule has 5 rings (SSSR count). The van der Waals surface area contributed by atoms with E-state index in [-0.39, 0.29) is 21.0 Å². The van der Waals surface area contributed by atoms with Crippen molar-refractivity contribution in [3.05, 3.63) is 64.5 Å². The van der Waals surface area contributed by atoms with Crippen LogP contribution in [0.1, 0.15) is 0 Å². The van der Waals surface area contributed by atoms with Crippen molar-refractivity contribution in [3.8, 4) is 0 Å². The number of nitrogens with zero attached hydrogens (tertiary/aromatic N) is 4. The summed E-state index contributed by atoms with van der Waals surface area (Å²) in [6, 6.07) is 11.2. The second-order valence-electron chi connectivity index (χ2n) is 6.41. The van der Waals surface area contributed by atoms with Crippen LogP contribution in [-0.4, -0.2) is 25.4 Å². The van der Waals surface area contributed by atoms with E-state index in [4.69, 9.17) is 21.8 Å². The minimum atomic E-state index is -3.95. The quantitative estimate of drug-likeness (QED) is 0.481. The van der Waals surface area contributed by atoms with Gasteiger partial charge in [-0.05, 0) is 52.8 Å². The smallest absolute Gasteiger partial charge is 0.264 e. The first-order chi connectivity index (χ1) is 14.4. The van der Waals surface area contributed by atoms with Gasteiger partial charge >= 0.3 is 0 Å². The summed E-state index contributed by atoms with van der Waals surface area (Å²) in [6.45, 7) is 0.291. The van der Waals surface area contributed by atoms with E-state index >= 15 is 0 Å². The largest absolute Gasteiger partial charge is 0.446 e. The zero-order chi connectivity index (χ0) is 20.9. The number of hydrogen-bond donors (Lipinski definition) is 2. The molecule has 1 aliphatic heterocycles. The van der Waals surface area contributed by atoms with Crippen LogP contribution in [0.3, 0.4) is 0 Å². The van der Waals surface area contributed by atoms with Crippen molar-refractivity contribution in [1.82, 2.24) is 10.3 Å². The second kappa shape index (κ2) is 6.75. The highest BCUT2D eigenvalue weighted by Crippen LogP contribution is 2.28. The molecule has 0 amide bonds. The van der Waals surface area contributed by atoms with Crippen molar-refractivity contribution in [1.29, 1.82) is 0 Å². The van der Waals surface area contributed by atoms with Crippen LogP contribution in [0.25, 0.3) is 16.9 Å². The van der Waals surface area contributed by atoms with Gasteiger partial charge in [0.25, 0.3) is 10.0 Å². The van der Waals surface area contributed by atoms with Gasteiger partial charge in [-0.3, -0.25) is 4.72 Å². The number of benzene rings is 2. The lowest BCUT2D eigenvalue weighted by atomic mass is 10.2. The van der Waals surface area contributed by atoms with Gasteiger partial charge in [-0.1, -0.05) is 11.6 Å². The monoisotopic (exact) mass is 444 g/mol. The molecule has 0 saturated carbocycles. The second-order valence-corrected chi connectivity index (χ2v) is 8.47. The normalized spacial score (nSPS) is 13.9. The third-order valence-electron chi connectivity index (χ3n) is 4.62. The molecule has 12 heteroatoms. The molecular formula is C18H13ClN6O4S. The average molecular weight is 445 g/mol. The zero-order valence-corrected chi connectivity index (χ0v) is 16.7. The summed E-state index contributed by atoms with van der Waals surface area (Å²) in [5.41, 5.74) is 8.04. The number of sulfonamides is 1. The van der Waals surface area contributed by atoms with Gasteiger partial charge in [0.15, 0.2) is 11.0 Å². The van der Waals surface area contributed by atoms with E-state index in [0.717, 1.165) is 5.69 Å². The molecule has 4 aromatic rings. The summed E-state index contributed by atoms with van der Waals surface area (Å²) in [6.07, 6.45) is 1.53. The molecule has 0 atom stereocenters. The van der Waals surface area contributed by atoms with Crippen molar-refractivity contribution >= 4 is 49.9 Å². The van der Waals surface area contributed by atoms with Crippen LogP contribution in [-0.2, 0) is 10.0 Å². The Balaban J connectivity index is 1.44. The molecule has 0 radical (unpaired) electrons. The Bertz CT molecular complexity index is 1490. The number of furan rings is 1. The van der Waals surface area contributed by atoms with Gasteiger partial charge in [-0.25, -0.2) is 18.0 Å². The Morgan fingerprint density at radius 2 is 1.83 bits per heavy atom. The molecule has 30 heavy (non-hydrogen) atoms. The number of aromatic nitrogens is 2. The lowest BCUT2D eigenvalue weighted by molar-refractivity contribution is 0.315. The van der Waals surface area contributed by atoms with E-state index in [2.05, 4.69) is 24.7 Å². The van der Waals surface area contributed by atoms with Crippen molar-refractivity contribution in [2.75, 3.05) is 16.3 Å². The van der Waals surface area contributed by atoms with Crippen LogP contribution in [0.15, 0.2) is 67.7 Å². The molecule has 2 aromatic heterocycles. The first kappa shape index (κ1) is 18.5. The number of rotatable bonds is 4. The van der Waals surface area contributed by atoms with Crippen molar-refractivity contribution in [2.24, 2.45) is 10.7 Å².